The molecule has 0 aromatic carbocycles. The van der Waals surface area contributed by atoms with Gasteiger partial charge in [0.2, 0.25) is 6.54 Å². The van der Waals surface area contributed by atoms with Crippen LogP contribution < -0.4 is 0 Å². The minimum atomic E-state index is -0.575. The first-order valence-electron chi connectivity index (χ1n) is 6.81. The molecule has 2 rings (SSSR count). The van der Waals surface area contributed by atoms with Crippen LogP contribution in [0.5, 0.6) is 0 Å². The van der Waals surface area contributed by atoms with E-state index >= 15 is 0 Å². The van der Waals surface area contributed by atoms with Crippen LogP contribution in [0.1, 0.15) is 32.1 Å². The highest BCUT2D eigenvalue weighted by Crippen LogP contribution is 2.38. The Hall–Kier alpha value is -0.980. The number of ether oxygens (including phenoxy) is 3. The largest absolute Gasteiger partial charge is 0.364 e. The van der Waals surface area contributed by atoms with Crippen molar-refractivity contribution < 1.29 is 19.1 Å². The summed E-state index contributed by atoms with van der Waals surface area (Å²) >= 11 is 0. The van der Waals surface area contributed by atoms with E-state index in [-0.39, 0.29) is 24.2 Å². The molecule has 2 aliphatic rings. The Balaban J connectivity index is 1.94. The topological polar surface area (TPSA) is 70.8 Å². The molecule has 1 aliphatic heterocycles. The van der Waals surface area contributed by atoms with Crippen LogP contribution in [0.15, 0.2) is 12.7 Å². The molecular formula is C13H21NO5. The highest BCUT2D eigenvalue weighted by Gasteiger charge is 2.46. The Morgan fingerprint density at radius 2 is 2.21 bits per heavy atom. The molecule has 6 nitrogen and oxygen atoms in total. The predicted octanol–water partition coefficient (Wildman–Crippen LogP) is 1.91. The molecule has 0 aromatic rings. The van der Waals surface area contributed by atoms with Crippen LogP contribution in [0.3, 0.4) is 0 Å². The first-order chi connectivity index (χ1) is 9.15. The van der Waals surface area contributed by atoms with Crippen molar-refractivity contribution in [2.75, 3.05) is 19.8 Å². The summed E-state index contributed by atoms with van der Waals surface area (Å²) in [5.41, 5.74) is 0. The van der Waals surface area contributed by atoms with E-state index in [0.29, 0.717) is 6.61 Å². The Morgan fingerprint density at radius 1 is 1.47 bits per heavy atom. The number of rotatable bonds is 6. The maximum absolute atomic E-state index is 10.7. The highest BCUT2D eigenvalue weighted by atomic mass is 16.8. The van der Waals surface area contributed by atoms with Gasteiger partial charge in [0.15, 0.2) is 11.9 Å². The van der Waals surface area contributed by atoms with E-state index in [1.165, 1.54) is 6.42 Å². The Labute approximate surface area is 112 Å². The third kappa shape index (κ3) is 3.75. The van der Waals surface area contributed by atoms with Crippen LogP contribution in [0, 0.1) is 10.1 Å². The lowest BCUT2D eigenvalue weighted by atomic mass is 9.94. The molecule has 0 aromatic heterocycles. The summed E-state index contributed by atoms with van der Waals surface area (Å²) in [6.45, 7) is 3.94. The summed E-state index contributed by atoms with van der Waals surface area (Å²) < 4.78 is 17.2. The van der Waals surface area contributed by atoms with Crippen LogP contribution in [0.4, 0.5) is 0 Å². The second-order valence-electron chi connectivity index (χ2n) is 5.11. The third-order valence-corrected chi connectivity index (χ3v) is 3.66. The van der Waals surface area contributed by atoms with Gasteiger partial charge in [0.25, 0.3) is 0 Å². The molecule has 1 saturated carbocycles. The van der Waals surface area contributed by atoms with E-state index in [0.717, 1.165) is 25.7 Å². The summed E-state index contributed by atoms with van der Waals surface area (Å²) in [5, 5.41) is 10.7. The summed E-state index contributed by atoms with van der Waals surface area (Å²) in [6.07, 6.45) is 5.76. The van der Waals surface area contributed by atoms with Crippen molar-refractivity contribution in [2.24, 2.45) is 0 Å². The number of hydrogen-bond donors (Lipinski definition) is 0. The Morgan fingerprint density at radius 3 is 2.84 bits per heavy atom. The molecule has 0 unspecified atom stereocenters. The highest BCUT2D eigenvalue weighted by molar-refractivity contribution is 4.86. The van der Waals surface area contributed by atoms with Gasteiger partial charge in [-0.3, -0.25) is 10.1 Å². The van der Waals surface area contributed by atoms with Gasteiger partial charge in [0, 0.05) is 17.8 Å². The van der Waals surface area contributed by atoms with Gasteiger partial charge in [-0.25, -0.2) is 0 Å². The quantitative estimate of drug-likeness (QED) is 0.419. The van der Waals surface area contributed by atoms with Crippen LogP contribution in [0.25, 0.3) is 0 Å². The molecule has 6 heteroatoms. The van der Waals surface area contributed by atoms with Crippen LogP contribution in [0.2, 0.25) is 0 Å². The average molecular weight is 271 g/mol. The van der Waals surface area contributed by atoms with Crippen molar-refractivity contribution in [3.05, 3.63) is 22.8 Å². The van der Waals surface area contributed by atoms with Gasteiger partial charge in [0.05, 0.1) is 13.2 Å². The zero-order chi connectivity index (χ0) is 13.7. The molecular weight excluding hydrogens is 250 g/mol. The van der Waals surface area contributed by atoms with Crippen molar-refractivity contribution in [1.29, 1.82) is 0 Å². The first kappa shape index (κ1) is 14.4. The van der Waals surface area contributed by atoms with Gasteiger partial charge in [-0.15, -0.1) is 6.58 Å². The lowest BCUT2D eigenvalue weighted by Gasteiger charge is -2.32. The normalized spacial score (nSPS) is 27.3. The van der Waals surface area contributed by atoms with Gasteiger partial charge >= 0.3 is 0 Å². The van der Waals surface area contributed by atoms with Crippen LogP contribution in [-0.2, 0) is 14.2 Å². The maximum atomic E-state index is 10.7. The number of nitro groups is 1. The molecule has 0 radical (unpaired) electrons. The molecule has 0 bridgehead atoms. The fourth-order valence-electron chi connectivity index (χ4n) is 2.73. The number of nitrogens with zero attached hydrogens (tertiary/aromatic N) is 1. The molecule has 2 fully saturated rings. The minimum Gasteiger partial charge on any atom is -0.364 e. The second-order valence-corrected chi connectivity index (χ2v) is 5.11. The van der Waals surface area contributed by atoms with E-state index in [9.17, 15) is 10.1 Å². The number of hydrogen-bond acceptors (Lipinski definition) is 5. The van der Waals surface area contributed by atoms with Crippen molar-refractivity contribution in [3.63, 3.8) is 0 Å². The van der Waals surface area contributed by atoms with Crippen LogP contribution >= 0.6 is 0 Å². The Kier molecular flexibility index (Phi) is 4.90. The van der Waals surface area contributed by atoms with Crippen molar-refractivity contribution >= 4 is 0 Å². The summed E-state index contributed by atoms with van der Waals surface area (Å²) in [6, 6.07) is 0. The molecule has 19 heavy (non-hydrogen) atoms. The Bertz CT molecular complexity index is 327. The van der Waals surface area contributed by atoms with Gasteiger partial charge < -0.3 is 14.2 Å². The summed E-state index contributed by atoms with van der Waals surface area (Å²) in [7, 11) is 0. The molecule has 1 saturated heterocycles. The summed E-state index contributed by atoms with van der Waals surface area (Å²) in [5.74, 6) is -0.519. The lowest BCUT2D eigenvalue weighted by molar-refractivity contribution is -0.494. The molecule has 2 atom stereocenters. The molecule has 1 spiro atoms. The smallest absolute Gasteiger partial charge is 0.232 e. The standard InChI is InChI=1S/C13H21NO5/c1-2-8-17-11(9-14(15)16)12-10-18-13(19-12)6-4-3-5-7-13/h2,11-12H,1,3-10H2/t11-,12+/m0/s1. The van der Waals surface area contributed by atoms with E-state index in [1.807, 2.05) is 0 Å². The second kappa shape index (κ2) is 6.45. The van der Waals surface area contributed by atoms with Crippen LogP contribution in [-0.4, -0.2) is 42.7 Å². The van der Waals surface area contributed by atoms with Crippen molar-refractivity contribution in [2.45, 2.75) is 50.1 Å². The molecule has 0 N–H and O–H groups in total. The average Bonchev–Trinajstić information content (AvgIpc) is 2.79. The minimum absolute atomic E-state index is 0.266. The van der Waals surface area contributed by atoms with E-state index in [2.05, 4.69) is 6.58 Å². The molecule has 0 amide bonds. The van der Waals surface area contributed by atoms with Crippen molar-refractivity contribution in [3.8, 4) is 0 Å². The molecule has 108 valence electrons. The molecule has 1 aliphatic carbocycles. The van der Waals surface area contributed by atoms with Gasteiger partial charge in [0.1, 0.15) is 6.10 Å². The summed E-state index contributed by atoms with van der Waals surface area (Å²) in [4.78, 5) is 10.3. The zero-order valence-corrected chi connectivity index (χ0v) is 11.1. The maximum Gasteiger partial charge on any atom is 0.232 e. The third-order valence-electron chi connectivity index (χ3n) is 3.66. The van der Waals surface area contributed by atoms with Crippen molar-refractivity contribution in [1.82, 2.24) is 0 Å². The lowest BCUT2D eigenvalue weighted by Crippen LogP contribution is -2.40. The van der Waals surface area contributed by atoms with E-state index in [4.69, 9.17) is 14.2 Å². The zero-order valence-electron chi connectivity index (χ0n) is 11.1. The molecule has 1 heterocycles. The van der Waals surface area contributed by atoms with E-state index in [1.54, 1.807) is 6.08 Å². The van der Waals surface area contributed by atoms with Gasteiger partial charge in [-0.2, -0.15) is 0 Å². The first-order valence-corrected chi connectivity index (χ1v) is 6.81. The fraction of sp³-hybridized carbons (Fsp3) is 0.846. The predicted molar refractivity (Wildman–Crippen MR) is 68.4 cm³/mol. The van der Waals surface area contributed by atoms with E-state index < -0.39 is 11.9 Å². The monoisotopic (exact) mass is 271 g/mol. The van der Waals surface area contributed by atoms with Gasteiger partial charge in [-0.1, -0.05) is 12.5 Å². The fourth-order valence-corrected chi connectivity index (χ4v) is 2.73. The van der Waals surface area contributed by atoms with Gasteiger partial charge in [-0.05, 0) is 12.8 Å². The SMILES string of the molecule is C=CCO[C@@H](C[N+](=O)[O-])[C@H]1COC2(CCCCC2)O1.